The van der Waals surface area contributed by atoms with Gasteiger partial charge in [0.25, 0.3) is 0 Å². The van der Waals surface area contributed by atoms with Crippen LogP contribution in [0.2, 0.25) is 5.02 Å². The van der Waals surface area contributed by atoms with Gasteiger partial charge in [-0.25, -0.2) is 0 Å². The third kappa shape index (κ3) is 4.92. The number of carbonyl (C=O) groups is 1. The molecule has 33 heavy (non-hydrogen) atoms. The molecule has 0 saturated heterocycles. The van der Waals surface area contributed by atoms with Gasteiger partial charge in [-0.1, -0.05) is 17.7 Å². The summed E-state index contributed by atoms with van der Waals surface area (Å²) in [5.74, 6) is -1.13. The van der Waals surface area contributed by atoms with Crippen molar-refractivity contribution in [3.63, 3.8) is 0 Å². The van der Waals surface area contributed by atoms with Gasteiger partial charge in [0.2, 0.25) is 0 Å². The van der Waals surface area contributed by atoms with Crippen molar-refractivity contribution in [3.05, 3.63) is 52.7 Å². The molecular formula is C21H15ClF6N2O3. The lowest BCUT2D eigenvalue weighted by Crippen LogP contribution is -2.08. The summed E-state index contributed by atoms with van der Waals surface area (Å²) in [6.07, 6.45) is -9.53. The molecule has 0 atom stereocenters. The van der Waals surface area contributed by atoms with Crippen molar-refractivity contribution in [2.75, 3.05) is 7.11 Å². The SMILES string of the molecule is COc1ccc(-c2cc(C(F)(F)F)nn2C)c(OC(C)=O)c1-c1ccc(Cl)c(C(F)(F)F)c1. The number of aromatic nitrogens is 2. The van der Waals surface area contributed by atoms with Crippen molar-refractivity contribution in [2.45, 2.75) is 19.3 Å². The molecule has 0 aliphatic rings. The van der Waals surface area contributed by atoms with Crippen molar-refractivity contribution in [1.29, 1.82) is 0 Å². The monoisotopic (exact) mass is 492 g/mol. The van der Waals surface area contributed by atoms with Crippen LogP contribution in [-0.2, 0) is 24.2 Å². The van der Waals surface area contributed by atoms with Gasteiger partial charge >= 0.3 is 18.3 Å². The standard InChI is InChI=1S/C21H15ClF6N2O3/c1-10(31)33-19-12(15-9-17(21(26,27)28)29-30(15)2)5-7-16(32-3)18(19)11-4-6-14(22)13(8-11)20(23,24)25/h4-9H,1-3H3. The van der Waals surface area contributed by atoms with E-state index in [4.69, 9.17) is 21.1 Å². The van der Waals surface area contributed by atoms with E-state index in [9.17, 15) is 31.1 Å². The average molecular weight is 493 g/mol. The number of ether oxygens (including phenoxy) is 2. The molecule has 3 aromatic rings. The fourth-order valence-electron chi connectivity index (χ4n) is 3.22. The predicted octanol–water partition coefficient (Wildman–Crippen LogP) is 6.38. The van der Waals surface area contributed by atoms with Gasteiger partial charge in [-0.05, 0) is 35.9 Å². The van der Waals surface area contributed by atoms with Crippen molar-refractivity contribution in [1.82, 2.24) is 9.78 Å². The average Bonchev–Trinajstić information content (AvgIpc) is 3.09. The van der Waals surface area contributed by atoms with Gasteiger partial charge in [0.05, 0.1) is 29.0 Å². The van der Waals surface area contributed by atoms with Crippen LogP contribution in [0.3, 0.4) is 0 Å². The summed E-state index contributed by atoms with van der Waals surface area (Å²) in [4.78, 5) is 11.8. The summed E-state index contributed by atoms with van der Waals surface area (Å²) in [6, 6.07) is 6.38. The lowest BCUT2D eigenvalue weighted by atomic mass is 9.96. The Morgan fingerprint density at radius 1 is 1.03 bits per heavy atom. The zero-order valence-electron chi connectivity index (χ0n) is 17.2. The molecule has 1 aromatic heterocycles. The Kier molecular flexibility index (Phi) is 6.38. The number of alkyl halides is 6. The molecule has 3 rings (SSSR count). The third-order valence-electron chi connectivity index (χ3n) is 4.59. The van der Waals surface area contributed by atoms with Crippen molar-refractivity contribution >= 4 is 17.6 Å². The van der Waals surface area contributed by atoms with Crippen LogP contribution in [0, 0.1) is 0 Å². The van der Waals surface area contributed by atoms with E-state index in [0.29, 0.717) is 0 Å². The molecule has 0 N–H and O–H groups in total. The number of benzene rings is 2. The van der Waals surface area contributed by atoms with E-state index in [1.165, 1.54) is 32.4 Å². The van der Waals surface area contributed by atoms with Gasteiger partial charge in [-0.15, -0.1) is 0 Å². The lowest BCUT2D eigenvalue weighted by molar-refractivity contribution is -0.141. The quantitative estimate of drug-likeness (QED) is 0.241. The summed E-state index contributed by atoms with van der Waals surface area (Å²) in [7, 11) is 2.48. The normalized spacial score (nSPS) is 12.1. The molecule has 1 heterocycles. The Labute approximate surface area is 188 Å². The van der Waals surface area contributed by atoms with Gasteiger partial charge in [0, 0.05) is 19.5 Å². The number of esters is 1. The molecule has 0 amide bonds. The first-order valence-electron chi connectivity index (χ1n) is 9.12. The van der Waals surface area contributed by atoms with Crippen LogP contribution in [0.15, 0.2) is 36.4 Å². The fourth-order valence-corrected chi connectivity index (χ4v) is 3.44. The number of hydrogen-bond acceptors (Lipinski definition) is 4. The number of carbonyl (C=O) groups excluding carboxylic acids is 1. The Morgan fingerprint density at radius 2 is 1.70 bits per heavy atom. The zero-order valence-corrected chi connectivity index (χ0v) is 18.0. The highest BCUT2D eigenvalue weighted by atomic mass is 35.5. The van der Waals surface area contributed by atoms with Crippen LogP contribution in [0.25, 0.3) is 22.4 Å². The van der Waals surface area contributed by atoms with Crippen LogP contribution in [0.5, 0.6) is 11.5 Å². The summed E-state index contributed by atoms with van der Waals surface area (Å²) in [5, 5.41) is 2.88. The second-order valence-corrected chi connectivity index (χ2v) is 7.25. The van der Waals surface area contributed by atoms with E-state index in [1.54, 1.807) is 0 Å². The summed E-state index contributed by atoms with van der Waals surface area (Å²) < 4.78 is 91.2. The molecule has 0 radical (unpaired) electrons. The Bertz CT molecular complexity index is 1220. The molecule has 0 bridgehead atoms. The Morgan fingerprint density at radius 3 is 2.21 bits per heavy atom. The van der Waals surface area contributed by atoms with Crippen LogP contribution >= 0.6 is 11.6 Å². The lowest BCUT2D eigenvalue weighted by Gasteiger charge is -2.19. The van der Waals surface area contributed by atoms with E-state index in [0.717, 1.165) is 29.8 Å². The maximum absolute atomic E-state index is 13.4. The summed E-state index contributed by atoms with van der Waals surface area (Å²) in [6.45, 7) is 1.04. The number of hydrogen-bond donors (Lipinski definition) is 0. The topological polar surface area (TPSA) is 53.4 Å². The van der Waals surface area contributed by atoms with E-state index in [2.05, 4.69) is 5.10 Å². The maximum atomic E-state index is 13.4. The molecule has 176 valence electrons. The molecule has 0 spiro atoms. The van der Waals surface area contributed by atoms with E-state index in [1.807, 2.05) is 0 Å². The van der Waals surface area contributed by atoms with E-state index < -0.39 is 34.6 Å². The molecule has 5 nitrogen and oxygen atoms in total. The van der Waals surface area contributed by atoms with Crippen LogP contribution < -0.4 is 9.47 Å². The van der Waals surface area contributed by atoms with Crippen LogP contribution in [-0.4, -0.2) is 22.9 Å². The number of nitrogens with zero attached hydrogens (tertiary/aromatic N) is 2. The molecule has 0 saturated carbocycles. The van der Waals surface area contributed by atoms with E-state index >= 15 is 0 Å². The van der Waals surface area contributed by atoms with Gasteiger partial charge in [-0.2, -0.15) is 31.4 Å². The minimum absolute atomic E-state index is 0.0173. The minimum atomic E-state index is -4.79. The van der Waals surface area contributed by atoms with Crippen molar-refractivity contribution in [3.8, 4) is 33.9 Å². The highest BCUT2D eigenvalue weighted by molar-refractivity contribution is 6.31. The van der Waals surface area contributed by atoms with Gasteiger partial charge in [0.1, 0.15) is 5.75 Å². The zero-order chi connectivity index (χ0) is 24.7. The number of methoxy groups -OCH3 is 1. The highest BCUT2D eigenvalue weighted by Gasteiger charge is 2.36. The van der Waals surface area contributed by atoms with Crippen molar-refractivity contribution < 1.29 is 40.6 Å². The molecule has 0 fully saturated rings. The largest absolute Gasteiger partial charge is 0.496 e. The first kappa shape index (κ1) is 24.4. The molecule has 0 aliphatic carbocycles. The number of halogens is 7. The van der Waals surface area contributed by atoms with Gasteiger partial charge in [0.15, 0.2) is 11.4 Å². The van der Waals surface area contributed by atoms with Crippen LogP contribution in [0.4, 0.5) is 26.3 Å². The highest BCUT2D eigenvalue weighted by Crippen LogP contribution is 2.47. The molecular weight excluding hydrogens is 478 g/mol. The fraction of sp³-hybridized carbons (Fsp3) is 0.238. The Balaban J connectivity index is 2.36. The second kappa shape index (κ2) is 8.62. The van der Waals surface area contributed by atoms with Gasteiger partial charge in [-0.3, -0.25) is 9.48 Å². The minimum Gasteiger partial charge on any atom is -0.496 e. The first-order valence-corrected chi connectivity index (χ1v) is 9.50. The molecule has 0 aliphatic heterocycles. The molecule has 0 unspecified atom stereocenters. The summed E-state index contributed by atoms with van der Waals surface area (Å²) >= 11 is 5.70. The second-order valence-electron chi connectivity index (χ2n) is 6.84. The Hall–Kier alpha value is -3.21. The first-order chi connectivity index (χ1) is 15.2. The smallest absolute Gasteiger partial charge is 0.435 e. The van der Waals surface area contributed by atoms with E-state index in [-0.39, 0.29) is 33.9 Å². The van der Waals surface area contributed by atoms with Crippen LogP contribution in [0.1, 0.15) is 18.2 Å². The predicted molar refractivity (Wildman–Crippen MR) is 107 cm³/mol. The van der Waals surface area contributed by atoms with Gasteiger partial charge < -0.3 is 9.47 Å². The summed E-state index contributed by atoms with van der Waals surface area (Å²) in [5.41, 5.74) is -2.62. The molecule has 2 aromatic carbocycles. The third-order valence-corrected chi connectivity index (χ3v) is 4.92. The number of aryl methyl sites for hydroxylation is 1. The maximum Gasteiger partial charge on any atom is 0.435 e. The molecule has 12 heteroatoms. The van der Waals surface area contributed by atoms with Crippen molar-refractivity contribution in [2.24, 2.45) is 7.05 Å². The number of rotatable bonds is 4.